The lowest BCUT2D eigenvalue weighted by molar-refractivity contribution is -0.133. The van der Waals surface area contributed by atoms with Gasteiger partial charge in [0, 0.05) is 24.5 Å². The predicted octanol–water partition coefficient (Wildman–Crippen LogP) is 3.27. The van der Waals surface area contributed by atoms with Crippen molar-refractivity contribution in [2.24, 2.45) is 5.92 Å². The van der Waals surface area contributed by atoms with E-state index >= 15 is 0 Å². The maximum atomic E-state index is 14.4. The number of carbonyl (C=O) groups is 1. The minimum Gasteiger partial charge on any atom is -0.338 e. The smallest absolute Gasteiger partial charge is 0.226 e. The van der Waals surface area contributed by atoms with Crippen LogP contribution in [0.1, 0.15) is 31.2 Å². The molecule has 1 amide bonds. The number of benzene rings is 2. The summed E-state index contributed by atoms with van der Waals surface area (Å²) in [7, 11) is -3.34. The second-order valence-electron chi connectivity index (χ2n) is 8.29. The summed E-state index contributed by atoms with van der Waals surface area (Å²) in [4.78, 5) is 14.8. The van der Waals surface area contributed by atoms with E-state index in [4.69, 9.17) is 0 Å². The van der Waals surface area contributed by atoms with Crippen molar-refractivity contribution in [1.82, 2.24) is 9.62 Å². The summed E-state index contributed by atoms with van der Waals surface area (Å²) in [5.41, 5.74) is 1.16. The summed E-state index contributed by atoms with van der Waals surface area (Å²) in [6.45, 7) is 2.24. The SMILES string of the molecule is C[C@H]1C[C@H](NS(C)(=O)=O)CN1C(=O)[C@@H]1C[C@H]1c1ccccc1-c1c(F)cccc1F. The van der Waals surface area contributed by atoms with Crippen LogP contribution < -0.4 is 4.72 Å². The zero-order chi connectivity index (χ0) is 21.6. The molecule has 1 saturated heterocycles. The topological polar surface area (TPSA) is 66.5 Å². The van der Waals surface area contributed by atoms with Crippen molar-refractivity contribution in [3.05, 3.63) is 59.7 Å². The molecule has 1 N–H and O–H groups in total. The van der Waals surface area contributed by atoms with Gasteiger partial charge in [-0.15, -0.1) is 0 Å². The van der Waals surface area contributed by atoms with E-state index in [2.05, 4.69) is 4.72 Å². The average Bonchev–Trinajstić information content (AvgIpc) is 3.37. The van der Waals surface area contributed by atoms with E-state index in [0.717, 1.165) is 11.8 Å². The summed E-state index contributed by atoms with van der Waals surface area (Å²) >= 11 is 0. The maximum absolute atomic E-state index is 14.4. The fourth-order valence-electron chi connectivity index (χ4n) is 4.55. The van der Waals surface area contributed by atoms with Gasteiger partial charge in [-0.1, -0.05) is 30.3 Å². The van der Waals surface area contributed by atoms with Crippen LogP contribution in [0.2, 0.25) is 0 Å². The molecule has 0 unspecified atom stereocenters. The molecule has 2 aromatic rings. The highest BCUT2D eigenvalue weighted by atomic mass is 32.2. The third-order valence-corrected chi connectivity index (χ3v) is 6.70. The third kappa shape index (κ3) is 4.11. The number of carbonyl (C=O) groups excluding carboxylic acids is 1. The van der Waals surface area contributed by atoms with E-state index in [-0.39, 0.29) is 35.4 Å². The summed E-state index contributed by atoms with van der Waals surface area (Å²) in [5.74, 6) is -1.67. The summed E-state index contributed by atoms with van der Waals surface area (Å²) in [6.07, 6.45) is 2.28. The second kappa shape index (κ2) is 7.74. The Morgan fingerprint density at radius 2 is 1.73 bits per heavy atom. The van der Waals surface area contributed by atoms with Crippen molar-refractivity contribution in [2.45, 2.75) is 37.8 Å². The molecule has 4 atom stereocenters. The molecule has 30 heavy (non-hydrogen) atoms. The van der Waals surface area contributed by atoms with Crippen LogP contribution in [0, 0.1) is 17.6 Å². The van der Waals surface area contributed by atoms with Gasteiger partial charge in [-0.2, -0.15) is 0 Å². The molecule has 1 saturated carbocycles. The van der Waals surface area contributed by atoms with Gasteiger partial charge < -0.3 is 4.90 Å². The molecule has 0 bridgehead atoms. The van der Waals surface area contributed by atoms with Crippen molar-refractivity contribution in [2.75, 3.05) is 12.8 Å². The number of rotatable bonds is 5. The zero-order valence-corrected chi connectivity index (χ0v) is 17.6. The van der Waals surface area contributed by atoms with Gasteiger partial charge in [0.1, 0.15) is 11.6 Å². The molecule has 0 radical (unpaired) electrons. The number of nitrogens with zero attached hydrogens (tertiary/aromatic N) is 1. The first-order valence-electron chi connectivity index (χ1n) is 9.97. The zero-order valence-electron chi connectivity index (χ0n) is 16.8. The van der Waals surface area contributed by atoms with Crippen molar-refractivity contribution in [3.8, 4) is 11.1 Å². The van der Waals surface area contributed by atoms with Gasteiger partial charge in [-0.25, -0.2) is 21.9 Å². The number of hydrogen-bond donors (Lipinski definition) is 1. The standard InChI is InChI=1S/C22H24F2N2O3S/c1-13-10-14(25-30(2,28)29)12-26(13)22(27)18-11-17(18)15-6-3-4-7-16(15)21-19(23)8-5-9-20(21)24/h3-9,13-14,17-18,25H,10-12H2,1-2H3/t13-,14-,17-,18+/m0/s1. The number of likely N-dealkylation sites (tertiary alicyclic amines) is 1. The maximum Gasteiger partial charge on any atom is 0.226 e. The highest BCUT2D eigenvalue weighted by Crippen LogP contribution is 2.52. The molecule has 2 aliphatic rings. The molecule has 8 heteroatoms. The number of halogens is 2. The van der Waals surface area contributed by atoms with Crippen molar-refractivity contribution in [1.29, 1.82) is 0 Å². The Balaban J connectivity index is 1.54. The van der Waals surface area contributed by atoms with E-state index in [1.165, 1.54) is 18.2 Å². The normalized spacial score (nSPS) is 26.1. The monoisotopic (exact) mass is 434 g/mol. The van der Waals surface area contributed by atoms with Crippen LogP contribution in [0.15, 0.2) is 42.5 Å². The molecule has 2 aromatic carbocycles. The van der Waals surface area contributed by atoms with Crippen LogP contribution in [-0.2, 0) is 14.8 Å². The van der Waals surface area contributed by atoms with E-state index in [1.807, 2.05) is 19.1 Å². The molecule has 4 rings (SSSR count). The summed E-state index contributed by atoms with van der Waals surface area (Å²) in [5, 5.41) is 0. The van der Waals surface area contributed by atoms with Gasteiger partial charge in [0.05, 0.1) is 11.8 Å². The molecule has 2 fully saturated rings. The molecule has 1 aliphatic carbocycles. The van der Waals surface area contributed by atoms with Crippen molar-refractivity contribution >= 4 is 15.9 Å². The lowest BCUT2D eigenvalue weighted by atomic mass is 9.95. The number of amides is 1. The van der Waals surface area contributed by atoms with Gasteiger partial charge in [0.25, 0.3) is 0 Å². The Morgan fingerprint density at radius 1 is 1.07 bits per heavy atom. The van der Waals surface area contributed by atoms with Crippen LogP contribution in [0.4, 0.5) is 8.78 Å². The molecular formula is C22H24F2N2O3S. The number of sulfonamides is 1. The Bertz CT molecular complexity index is 1070. The van der Waals surface area contributed by atoms with Crippen LogP contribution in [-0.4, -0.2) is 44.1 Å². The molecule has 160 valence electrons. The van der Waals surface area contributed by atoms with Crippen molar-refractivity contribution in [3.63, 3.8) is 0 Å². The lowest BCUT2D eigenvalue weighted by Gasteiger charge is -2.22. The van der Waals surface area contributed by atoms with Crippen LogP contribution in [0.5, 0.6) is 0 Å². The summed E-state index contributed by atoms with van der Waals surface area (Å²) in [6, 6.07) is 10.5. The van der Waals surface area contributed by atoms with Crippen LogP contribution in [0.25, 0.3) is 11.1 Å². The van der Waals surface area contributed by atoms with Crippen LogP contribution in [0.3, 0.4) is 0 Å². The van der Waals surface area contributed by atoms with Gasteiger partial charge in [-0.05, 0) is 48.9 Å². The first-order valence-corrected chi connectivity index (χ1v) is 11.9. The molecule has 0 aromatic heterocycles. The molecule has 5 nitrogen and oxygen atoms in total. The Hall–Kier alpha value is -2.32. The first kappa shape index (κ1) is 20.9. The molecule has 1 aliphatic heterocycles. The van der Waals surface area contributed by atoms with Gasteiger partial charge in [0.15, 0.2) is 0 Å². The van der Waals surface area contributed by atoms with E-state index < -0.39 is 21.7 Å². The Kier molecular flexibility index (Phi) is 5.40. The van der Waals surface area contributed by atoms with Gasteiger partial charge in [0.2, 0.25) is 15.9 Å². The van der Waals surface area contributed by atoms with Gasteiger partial charge >= 0.3 is 0 Å². The minimum atomic E-state index is -3.34. The molecule has 0 spiro atoms. The van der Waals surface area contributed by atoms with E-state index in [1.54, 1.807) is 17.0 Å². The molecule has 1 heterocycles. The molecular weight excluding hydrogens is 410 g/mol. The van der Waals surface area contributed by atoms with Gasteiger partial charge in [-0.3, -0.25) is 4.79 Å². The minimum absolute atomic E-state index is 0.0332. The van der Waals surface area contributed by atoms with Crippen LogP contribution >= 0.6 is 0 Å². The third-order valence-electron chi connectivity index (χ3n) is 5.94. The van der Waals surface area contributed by atoms with Crippen molar-refractivity contribution < 1.29 is 22.0 Å². The highest BCUT2D eigenvalue weighted by molar-refractivity contribution is 7.88. The second-order valence-corrected chi connectivity index (χ2v) is 10.1. The largest absolute Gasteiger partial charge is 0.338 e. The predicted molar refractivity (Wildman–Crippen MR) is 110 cm³/mol. The first-order chi connectivity index (χ1) is 14.2. The van der Waals surface area contributed by atoms with E-state index in [0.29, 0.717) is 24.9 Å². The summed E-state index contributed by atoms with van der Waals surface area (Å²) < 4.78 is 54.3. The Morgan fingerprint density at radius 3 is 2.40 bits per heavy atom. The van der Waals surface area contributed by atoms with E-state index in [9.17, 15) is 22.0 Å². The highest BCUT2D eigenvalue weighted by Gasteiger charge is 2.49. The fourth-order valence-corrected chi connectivity index (χ4v) is 5.33. The average molecular weight is 435 g/mol. The number of nitrogens with one attached hydrogen (secondary N) is 1. The Labute approximate surface area is 175 Å². The quantitative estimate of drug-likeness (QED) is 0.786. The lowest BCUT2D eigenvalue weighted by Crippen LogP contribution is -2.39. The number of hydrogen-bond acceptors (Lipinski definition) is 3. The fraction of sp³-hybridized carbons (Fsp3) is 0.409.